The Hall–Kier alpha value is -4.01. The van der Waals surface area contributed by atoms with Crippen LogP contribution in [0.1, 0.15) is 334 Å². The highest BCUT2D eigenvalue weighted by Crippen LogP contribution is 2.42. The fourth-order valence-corrected chi connectivity index (χ4v) is 16.2. The van der Waals surface area contributed by atoms with E-state index in [4.69, 9.17) is 0 Å². The average molecular weight is 1390 g/mol. The Bertz CT molecular complexity index is 2660. The van der Waals surface area contributed by atoms with E-state index in [-0.39, 0.29) is 22.3 Å². The quantitative estimate of drug-likeness (QED) is 0.0546. The van der Waals surface area contributed by atoms with Gasteiger partial charge in [-0.05, 0) is 216 Å². The first-order valence-electron chi connectivity index (χ1n) is 40.8. The van der Waals surface area contributed by atoms with Crippen molar-refractivity contribution in [3.63, 3.8) is 0 Å². The van der Waals surface area contributed by atoms with Gasteiger partial charge in [-0.1, -0.05) is 160 Å². The number of aromatic nitrogens is 1. The number of nitrogens with zero attached hydrogens (tertiary/aromatic N) is 4. The Morgan fingerprint density at radius 3 is 1.91 bits per heavy atom. The second-order valence-corrected chi connectivity index (χ2v) is 33.6. The van der Waals surface area contributed by atoms with E-state index in [1.54, 1.807) is 6.92 Å². The van der Waals surface area contributed by atoms with Gasteiger partial charge in [0.25, 0.3) is 5.56 Å². The number of piperidine rings is 1. The number of carbonyl (C=O) groups excluding carboxylic acids is 4. The first-order valence-corrected chi connectivity index (χ1v) is 40.8. The van der Waals surface area contributed by atoms with Crippen molar-refractivity contribution >= 4 is 29.1 Å². The molecule has 5 aliphatic rings. The zero-order valence-corrected chi connectivity index (χ0v) is 66.4. The number of H-pyrrole nitrogens is 1. The Morgan fingerprint density at radius 2 is 1.33 bits per heavy atom. The molecule has 6 rings (SSSR count). The highest BCUT2D eigenvalue weighted by molar-refractivity contribution is 5.96. The Balaban J connectivity index is 0.000000438. The van der Waals surface area contributed by atoms with E-state index in [1.165, 1.54) is 81.9 Å². The molecule has 2 amide bonds. The summed E-state index contributed by atoms with van der Waals surface area (Å²) in [6.07, 6.45) is 33.7. The van der Waals surface area contributed by atoms with Crippen LogP contribution in [0.25, 0.3) is 0 Å². The van der Waals surface area contributed by atoms with Crippen LogP contribution < -0.4 is 21.1 Å². The number of allylic oxidation sites excluding steroid dienone is 4. The van der Waals surface area contributed by atoms with Gasteiger partial charge in [-0.2, -0.15) is 0 Å². The molecule has 1 aromatic heterocycles. The predicted octanol–water partition coefficient (Wildman–Crippen LogP) is 20.0. The molecule has 3 N–H and O–H groups in total. The van der Waals surface area contributed by atoms with Crippen LogP contribution in [0.5, 0.6) is 0 Å². The summed E-state index contributed by atoms with van der Waals surface area (Å²) < 4.78 is 27.3. The minimum atomic E-state index is -0.696. The second-order valence-electron chi connectivity index (χ2n) is 33.6. The summed E-state index contributed by atoms with van der Waals surface area (Å²) in [7, 11) is 0. The van der Waals surface area contributed by atoms with Gasteiger partial charge in [-0.25, -0.2) is 8.78 Å². The van der Waals surface area contributed by atoms with Crippen molar-refractivity contribution in [1.29, 1.82) is 0 Å². The van der Waals surface area contributed by atoms with Crippen molar-refractivity contribution in [2.75, 3.05) is 57.3 Å². The fraction of sp³-hybridized carbons (Fsp3) is 0.824. The summed E-state index contributed by atoms with van der Waals surface area (Å²) in [6, 6.07) is 3.40. The second kappa shape index (κ2) is 46.0. The van der Waals surface area contributed by atoms with Crippen molar-refractivity contribution in [2.24, 2.45) is 35.0 Å². The van der Waals surface area contributed by atoms with E-state index >= 15 is 0 Å². The number of hydrogen-bond donors (Lipinski definition) is 3. The maximum absolute atomic E-state index is 13.7. The lowest BCUT2D eigenvalue weighted by molar-refractivity contribution is -0.132. The van der Waals surface area contributed by atoms with Crippen LogP contribution in [0.4, 0.5) is 14.5 Å². The molecule has 14 heteroatoms. The van der Waals surface area contributed by atoms with Crippen LogP contribution in [-0.2, 0) is 31.0 Å². The normalized spacial score (nSPS) is 21.3. The lowest BCUT2D eigenvalue weighted by Crippen LogP contribution is -2.42. The molecule has 0 spiro atoms. The van der Waals surface area contributed by atoms with Crippen molar-refractivity contribution in [1.82, 2.24) is 30.3 Å². The van der Waals surface area contributed by atoms with Crippen LogP contribution in [0.15, 0.2) is 46.1 Å². The van der Waals surface area contributed by atoms with Gasteiger partial charge < -0.3 is 35.1 Å². The zero-order valence-electron chi connectivity index (χ0n) is 66.4. The number of ketones is 2. The minimum Gasteiger partial charge on any atom is -0.358 e. The molecule has 3 unspecified atom stereocenters. The highest BCUT2D eigenvalue weighted by Gasteiger charge is 2.40. The smallest absolute Gasteiger partial charge is 0.251 e. The zero-order chi connectivity index (χ0) is 73.2. The number of fused-ring (bicyclic) bond motifs is 1. The summed E-state index contributed by atoms with van der Waals surface area (Å²) in [5.74, 6) is 3.48. The molecule has 0 aromatic carbocycles. The molecule has 0 radical (unpaired) electrons. The molecule has 0 bridgehead atoms. The number of aromatic amines is 1. The van der Waals surface area contributed by atoms with E-state index in [0.717, 1.165) is 164 Å². The summed E-state index contributed by atoms with van der Waals surface area (Å²) >= 11 is 0. The molecule has 1 aromatic rings. The number of likely N-dealkylation sites (tertiary alicyclic amines) is 1. The van der Waals surface area contributed by atoms with E-state index in [9.17, 15) is 32.8 Å². The lowest BCUT2D eigenvalue weighted by Gasteiger charge is -2.36. The largest absolute Gasteiger partial charge is 0.358 e. The number of hydrogen-bond acceptors (Lipinski definition) is 9. The van der Waals surface area contributed by atoms with Crippen molar-refractivity contribution in [2.45, 2.75) is 365 Å². The maximum atomic E-state index is 13.7. The van der Waals surface area contributed by atoms with Gasteiger partial charge in [0.05, 0.1) is 12.2 Å². The average Bonchev–Trinajstić information content (AvgIpc) is 1.62. The first-order chi connectivity index (χ1) is 47.0. The van der Waals surface area contributed by atoms with Crippen LogP contribution in [-0.4, -0.2) is 126 Å². The monoisotopic (exact) mass is 1390 g/mol. The van der Waals surface area contributed by atoms with Crippen LogP contribution in [0.3, 0.4) is 0 Å². The van der Waals surface area contributed by atoms with Gasteiger partial charge in [-0.15, -0.1) is 0 Å². The molecule has 4 heterocycles. The number of rotatable bonds is 43. The number of amides is 2. The molecule has 12 nitrogen and oxygen atoms in total. The number of unbranched alkanes of at least 4 members (excludes halogenated alkanes) is 10. The summed E-state index contributed by atoms with van der Waals surface area (Å²) in [6.45, 7) is 46.0. The summed E-state index contributed by atoms with van der Waals surface area (Å²) in [4.78, 5) is 76.6. The number of carbonyl (C=O) groups is 4. The molecular formula is C85H149F2N7O5. The minimum absolute atomic E-state index is 0.0534. The molecule has 99 heavy (non-hydrogen) atoms. The molecular weight excluding hydrogens is 1240 g/mol. The molecule has 1 saturated heterocycles. The molecule has 2 saturated carbocycles. The first kappa shape index (κ1) is 87.4. The van der Waals surface area contributed by atoms with Gasteiger partial charge in [0, 0.05) is 110 Å². The number of halogens is 2. The topological polar surface area (TPSA) is 138 Å². The van der Waals surface area contributed by atoms with Crippen LogP contribution >= 0.6 is 0 Å². The molecule has 4 atom stereocenters. The number of nitrogens with one attached hydrogen (secondary N) is 3. The van der Waals surface area contributed by atoms with Crippen molar-refractivity contribution < 1.29 is 28.0 Å². The van der Waals surface area contributed by atoms with E-state index in [2.05, 4.69) is 133 Å². The Kier molecular flexibility index (Phi) is 40.6. The summed E-state index contributed by atoms with van der Waals surface area (Å²) in [5.41, 5.74) is 6.50. The lowest BCUT2D eigenvalue weighted by atomic mass is 9.78. The van der Waals surface area contributed by atoms with Crippen molar-refractivity contribution in [3.05, 3.63) is 62.9 Å². The van der Waals surface area contributed by atoms with Crippen LogP contribution in [0, 0.1) is 35.0 Å². The molecule has 2 aliphatic carbocycles. The molecule has 568 valence electrons. The van der Waals surface area contributed by atoms with E-state index in [0.29, 0.717) is 130 Å². The van der Waals surface area contributed by atoms with E-state index in [1.807, 2.05) is 24.8 Å². The molecule has 3 aliphatic heterocycles. The standard InChI is InChI=1S/C51H90FN3O3.C32H53FN4O2.C2H6/c1-11-47(25-22-23-33-54(36-39(2)3)49(58)26-21-19-17-15-13-12-14-16-18-20-24-42(7)56)55(37-40(4)5)38-48(57)31-32-51(9,10)50-41(6)34-45(43(8)53-50)35-44-27-29-46(52)30-28-44;1-22(20-36-16-7-6-10-24(36)3)19-34-23(2)9-8-11-29(38)37-21-32(4,5)30-28(37)18-26(31(39)35-30)17-25-12-14-27(33)15-13-25;1-2/h34,39-40,44,46-47,53H,8,11-33,35-38H2,1-7,9-10H3;18,22-25,27,34H,6-17,19-21H2,1-5H3,(H,35,39);1-2H3/t;22?,23-,24?,25?,27?;/m.1./s1. The highest BCUT2D eigenvalue weighted by atomic mass is 19.1. The SMILES string of the molecule is C=C1NC(C(C)(C)CCC(=O)CN(CC(C)C)C(CC)CCCCN(CC(C)C)C(=O)CCCCCCCCCCCCC(C)=O)=C(C)C=C1CC1CCC(F)CC1.CC.CC(CN[C@H](C)CCCC(=O)N1CC(C)(C)c2[nH]c(=O)c(CC3CCC(F)CC3)cc21)CN1CCCCC1C. The Labute approximate surface area is 604 Å². The van der Waals surface area contributed by atoms with Crippen molar-refractivity contribution in [3.8, 4) is 0 Å². The van der Waals surface area contributed by atoms with Gasteiger partial charge in [0.15, 0.2) is 0 Å². The van der Waals surface area contributed by atoms with Gasteiger partial charge in [-0.3, -0.25) is 24.1 Å². The van der Waals surface area contributed by atoms with Crippen LogP contribution in [0.2, 0.25) is 0 Å². The third kappa shape index (κ3) is 32.3. The number of Topliss-reactive ketones (excluding diaryl/α,β-unsaturated/α-hetero) is 2. The van der Waals surface area contributed by atoms with E-state index < -0.39 is 12.3 Å². The summed E-state index contributed by atoms with van der Waals surface area (Å²) in [5, 5.41) is 7.34. The molecule has 3 fully saturated rings. The van der Waals surface area contributed by atoms with Gasteiger partial charge in [0.1, 0.15) is 23.9 Å². The third-order valence-electron chi connectivity index (χ3n) is 22.3. The Morgan fingerprint density at radius 1 is 0.747 bits per heavy atom. The van der Waals surface area contributed by atoms with Gasteiger partial charge >= 0.3 is 0 Å². The number of dihydropyridines is 1. The number of pyridine rings is 1. The van der Waals surface area contributed by atoms with Gasteiger partial charge in [0.2, 0.25) is 11.8 Å². The number of alkyl halides is 2. The third-order valence-corrected chi connectivity index (χ3v) is 22.3. The maximum Gasteiger partial charge on any atom is 0.251 e. The fourth-order valence-electron chi connectivity index (χ4n) is 16.2. The number of anilines is 1. The predicted molar refractivity (Wildman–Crippen MR) is 414 cm³/mol.